The summed E-state index contributed by atoms with van der Waals surface area (Å²) in [6.45, 7) is 2.28. The molecule has 0 amide bonds. The maximum Gasteiger partial charge on any atom is 0.0341 e. The highest BCUT2D eigenvalue weighted by Gasteiger charge is 2.16. The Bertz CT molecular complexity index is 552. The molecule has 3 rings (SSSR count). The second kappa shape index (κ2) is 7.87. The molecule has 0 nitrogen and oxygen atoms in total. The summed E-state index contributed by atoms with van der Waals surface area (Å²) in [5, 5.41) is 0.557. The van der Waals surface area contributed by atoms with E-state index >= 15 is 0 Å². The molecule has 22 heavy (non-hydrogen) atoms. The van der Waals surface area contributed by atoms with Gasteiger partial charge in [-0.1, -0.05) is 68.7 Å². The van der Waals surface area contributed by atoms with Crippen molar-refractivity contribution in [3.8, 4) is 0 Å². The Hall–Kier alpha value is -1.21. The standard InChI is InChI=1S/C21H26S/c1-2-21(19-11-7-4-8-12-19)22-20-15-13-18(14-16-20)17-9-5-3-6-10-17/h4,7-8,11-17,21H,2-3,5-6,9-10H2,1H3. The molecule has 0 radical (unpaired) electrons. The SMILES string of the molecule is CCC(Sc1ccc(C2CCCCC2)cc1)c1ccccc1. The zero-order valence-electron chi connectivity index (χ0n) is 13.5. The van der Waals surface area contributed by atoms with E-state index in [2.05, 4.69) is 61.5 Å². The average molecular weight is 311 g/mol. The quantitative estimate of drug-likeness (QED) is 0.537. The molecule has 1 heteroatoms. The minimum Gasteiger partial charge on any atom is -0.118 e. The molecule has 0 spiro atoms. The lowest BCUT2D eigenvalue weighted by molar-refractivity contribution is 0.443. The van der Waals surface area contributed by atoms with E-state index in [0.717, 1.165) is 5.92 Å². The third-order valence-corrected chi connectivity index (χ3v) is 6.21. The van der Waals surface area contributed by atoms with Gasteiger partial charge in [0, 0.05) is 10.1 Å². The number of hydrogen-bond donors (Lipinski definition) is 0. The summed E-state index contributed by atoms with van der Waals surface area (Å²) in [5.41, 5.74) is 2.99. The fourth-order valence-corrected chi connectivity index (χ4v) is 4.56. The van der Waals surface area contributed by atoms with E-state index in [1.54, 1.807) is 5.56 Å². The fraction of sp³-hybridized carbons (Fsp3) is 0.429. The molecule has 0 aromatic heterocycles. The lowest BCUT2D eigenvalue weighted by Crippen LogP contribution is -2.04. The van der Waals surface area contributed by atoms with E-state index in [4.69, 9.17) is 0 Å². The van der Waals surface area contributed by atoms with Crippen LogP contribution >= 0.6 is 11.8 Å². The lowest BCUT2D eigenvalue weighted by Gasteiger charge is -2.22. The topological polar surface area (TPSA) is 0 Å². The van der Waals surface area contributed by atoms with Crippen LogP contribution in [-0.4, -0.2) is 0 Å². The Morgan fingerprint density at radius 3 is 2.23 bits per heavy atom. The summed E-state index contributed by atoms with van der Waals surface area (Å²) in [5.74, 6) is 0.809. The van der Waals surface area contributed by atoms with Gasteiger partial charge in [0.05, 0.1) is 0 Å². The molecule has 1 atom stereocenters. The molecule has 0 N–H and O–H groups in total. The van der Waals surface area contributed by atoms with Crippen molar-refractivity contribution < 1.29 is 0 Å². The van der Waals surface area contributed by atoms with Crippen LogP contribution in [0.1, 0.15) is 67.7 Å². The van der Waals surface area contributed by atoms with Gasteiger partial charge in [0.2, 0.25) is 0 Å². The molecule has 1 aliphatic carbocycles. The molecular formula is C21H26S. The summed E-state index contributed by atoms with van der Waals surface area (Å²) in [4.78, 5) is 1.40. The van der Waals surface area contributed by atoms with Gasteiger partial charge >= 0.3 is 0 Å². The van der Waals surface area contributed by atoms with Crippen molar-refractivity contribution in [2.75, 3.05) is 0 Å². The van der Waals surface area contributed by atoms with Crippen molar-refractivity contribution >= 4 is 11.8 Å². The zero-order chi connectivity index (χ0) is 15.2. The maximum atomic E-state index is 2.37. The van der Waals surface area contributed by atoms with Crippen molar-refractivity contribution in [3.05, 3.63) is 65.7 Å². The van der Waals surface area contributed by atoms with Crippen LogP contribution in [0.4, 0.5) is 0 Å². The molecule has 1 unspecified atom stereocenters. The maximum absolute atomic E-state index is 2.37. The number of thioether (sulfide) groups is 1. The van der Waals surface area contributed by atoms with Gasteiger partial charge in [-0.15, -0.1) is 11.8 Å². The minimum absolute atomic E-state index is 0.557. The molecular weight excluding hydrogens is 284 g/mol. The number of hydrogen-bond acceptors (Lipinski definition) is 1. The Labute approximate surface area is 139 Å². The van der Waals surface area contributed by atoms with Crippen LogP contribution in [0, 0.1) is 0 Å². The van der Waals surface area contributed by atoms with Crippen LogP contribution in [-0.2, 0) is 0 Å². The van der Waals surface area contributed by atoms with Gasteiger partial charge in [-0.25, -0.2) is 0 Å². The molecule has 1 aliphatic rings. The second-order valence-electron chi connectivity index (χ2n) is 6.33. The van der Waals surface area contributed by atoms with Crippen LogP contribution in [0.5, 0.6) is 0 Å². The van der Waals surface area contributed by atoms with Crippen molar-refractivity contribution in [3.63, 3.8) is 0 Å². The smallest absolute Gasteiger partial charge is 0.0341 e. The molecule has 0 bridgehead atoms. The summed E-state index contributed by atoms with van der Waals surface area (Å²) < 4.78 is 0. The Morgan fingerprint density at radius 2 is 1.59 bits per heavy atom. The fourth-order valence-electron chi connectivity index (χ4n) is 3.47. The van der Waals surface area contributed by atoms with Crippen molar-refractivity contribution in [2.45, 2.75) is 61.5 Å². The van der Waals surface area contributed by atoms with Crippen LogP contribution in [0.15, 0.2) is 59.5 Å². The summed E-state index contributed by atoms with van der Waals surface area (Å²) >= 11 is 2.00. The number of benzene rings is 2. The monoisotopic (exact) mass is 310 g/mol. The van der Waals surface area contributed by atoms with Gasteiger partial charge < -0.3 is 0 Å². The highest BCUT2D eigenvalue weighted by molar-refractivity contribution is 7.99. The first-order valence-corrected chi connectivity index (χ1v) is 9.56. The Kier molecular flexibility index (Phi) is 5.61. The normalized spacial score (nSPS) is 17.3. The van der Waals surface area contributed by atoms with E-state index < -0.39 is 0 Å². The molecule has 1 saturated carbocycles. The molecule has 0 aliphatic heterocycles. The predicted molar refractivity (Wildman–Crippen MR) is 97.6 cm³/mol. The average Bonchev–Trinajstić information content (AvgIpc) is 2.62. The first-order chi connectivity index (χ1) is 10.9. The van der Waals surface area contributed by atoms with E-state index in [-0.39, 0.29) is 0 Å². The highest BCUT2D eigenvalue weighted by atomic mass is 32.2. The Balaban J connectivity index is 1.67. The van der Waals surface area contributed by atoms with Crippen LogP contribution < -0.4 is 0 Å². The van der Waals surface area contributed by atoms with E-state index in [0.29, 0.717) is 5.25 Å². The van der Waals surface area contributed by atoms with Gasteiger partial charge in [0.15, 0.2) is 0 Å². The first kappa shape index (κ1) is 15.7. The van der Waals surface area contributed by atoms with Crippen LogP contribution in [0.2, 0.25) is 0 Å². The predicted octanol–water partition coefficient (Wildman–Crippen LogP) is 6.98. The summed E-state index contributed by atoms with van der Waals surface area (Å²) in [6.07, 6.45) is 8.18. The van der Waals surface area contributed by atoms with Gasteiger partial charge in [-0.2, -0.15) is 0 Å². The van der Waals surface area contributed by atoms with E-state index in [1.165, 1.54) is 49.0 Å². The molecule has 2 aromatic carbocycles. The number of rotatable bonds is 5. The van der Waals surface area contributed by atoms with Gasteiger partial charge in [-0.3, -0.25) is 0 Å². The molecule has 0 saturated heterocycles. The first-order valence-electron chi connectivity index (χ1n) is 8.68. The molecule has 1 fully saturated rings. The van der Waals surface area contributed by atoms with Gasteiger partial charge in [-0.05, 0) is 48.4 Å². The molecule has 0 heterocycles. The molecule has 2 aromatic rings. The van der Waals surface area contributed by atoms with Crippen LogP contribution in [0.25, 0.3) is 0 Å². The van der Waals surface area contributed by atoms with Crippen molar-refractivity contribution in [1.82, 2.24) is 0 Å². The van der Waals surface area contributed by atoms with E-state index in [1.807, 2.05) is 11.8 Å². The Morgan fingerprint density at radius 1 is 0.909 bits per heavy atom. The second-order valence-corrected chi connectivity index (χ2v) is 7.61. The van der Waals surface area contributed by atoms with E-state index in [9.17, 15) is 0 Å². The lowest BCUT2D eigenvalue weighted by atomic mass is 9.84. The largest absolute Gasteiger partial charge is 0.118 e. The van der Waals surface area contributed by atoms with Crippen molar-refractivity contribution in [2.24, 2.45) is 0 Å². The van der Waals surface area contributed by atoms with Crippen molar-refractivity contribution in [1.29, 1.82) is 0 Å². The summed E-state index contributed by atoms with van der Waals surface area (Å²) in [7, 11) is 0. The highest BCUT2D eigenvalue weighted by Crippen LogP contribution is 2.39. The third kappa shape index (κ3) is 3.95. The summed E-state index contributed by atoms with van der Waals surface area (Å²) in [6, 6.07) is 20.3. The minimum atomic E-state index is 0.557. The van der Waals surface area contributed by atoms with Crippen LogP contribution in [0.3, 0.4) is 0 Å². The zero-order valence-corrected chi connectivity index (χ0v) is 14.3. The van der Waals surface area contributed by atoms with Gasteiger partial charge in [0.1, 0.15) is 0 Å². The third-order valence-electron chi connectivity index (χ3n) is 4.78. The molecule has 116 valence electrons. The van der Waals surface area contributed by atoms with Gasteiger partial charge in [0.25, 0.3) is 0 Å².